The zero-order valence-corrected chi connectivity index (χ0v) is 18.3. The summed E-state index contributed by atoms with van der Waals surface area (Å²) in [5, 5.41) is 10.5. The minimum atomic E-state index is -4.01. The molecule has 0 aliphatic heterocycles. The van der Waals surface area contributed by atoms with Gasteiger partial charge in [-0.2, -0.15) is 9.98 Å². The van der Waals surface area contributed by atoms with Crippen molar-refractivity contribution in [3.05, 3.63) is 42.0 Å². The van der Waals surface area contributed by atoms with Gasteiger partial charge in [0.05, 0.1) is 16.5 Å². The van der Waals surface area contributed by atoms with Gasteiger partial charge in [0.1, 0.15) is 22.8 Å². The SMILES string of the molecule is CC(C)C(NS(=O)(=O)c1ccc2c(c1)oc1ccc(C#N)cc12)C(=O)OC(C)(C)C. The third-order valence-corrected chi connectivity index (χ3v) is 5.93. The normalized spacial score (nSPS) is 13.5. The Hall–Kier alpha value is -2.89. The maximum Gasteiger partial charge on any atom is 0.324 e. The van der Waals surface area contributed by atoms with E-state index in [4.69, 9.17) is 14.4 Å². The fourth-order valence-electron chi connectivity index (χ4n) is 3.05. The number of hydrogen-bond donors (Lipinski definition) is 1. The van der Waals surface area contributed by atoms with Crippen molar-refractivity contribution in [2.75, 3.05) is 0 Å². The van der Waals surface area contributed by atoms with Gasteiger partial charge in [0, 0.05) is 16.8 Å². The van der Waals surface area contributed by atoms with E-state index in [-0.39, 0.29) is 10.8 Å². The summed E-state index contributed by atoms with van der Waals surface area (Å²) in [6.07, 6.45) is 0. The zero-order valence-electron chi connectivity index (χ0n) is 17.5. The first-order chi connectivity index (χ1) is 13.9. The Bertz CT molecular complexity index is 1260. The van der Waals surface area contributed by atoms with Gasteiger partial charge >= 0.3 is 5.97 Å². The summed E-state index contributed by atoms with van der Waals surface area (Å²) >= 11 is 0. The molecular weight excluding hydrogens is 404 g/mol. The average molecular weight is 429 g/mol. The number of ether oxygens (including phenoxy) is 1. The summed E-state index contributed by atoms with van der Waals surface area (Å²) in [6, 6.07) is 10.6. The molecule has 0 aliphatic rings. The smallest absolute Gasteiger partial charge is 0.324 e. The first kappa shape index (κ1) is 21.8. The van der Waals surface area contributed by atoms with E-state index in [9.17, 15) is 13.2 Å². The number of sulfonamides is 1. The Balaban J connectivity index is 1.97. The minimum Gasteiger partial charge on any atom is -0.459 e. The average Bonchev–Trinajstić information content (AvgIpc) is 3.01. The first-order valence-electron chi connectivity index (χ1n) is 9.53. The van der Waals surface area contributed by atoms with Crippen LogP contribution in [0.1, 0.15) is 40.2 Å². The van der Waals surface area contributed by atoms with Gasteiger partial charge in [-0.3, -0.25) is 4.79 Å². The maximum atomic E-state index is 13.0. The van der Waals surface area contributed by atoms with Gasteiger partial charge in [0.25, 0.3) is 0 Å². The lowest BCUT2D eigenvalue weighted by Crippen LogP contribution is -2.47. The van der Waals surface area contributed by atoms with E-state index in [1.165, 1.54) is 12.1 Å². The highest BCUT2D eigenvalue weighted by Gasteiger charge is 2.32. The lowest BCUT2D eigenvalue weighted by atomic mass is 10.1. The summed E-state index contributed by atoms with van der Waals surface area (Å²) in [5.74, 6) is -0.941. The largest absolute Gasteiger partial charge is 0.459 e. The highest BCUT2D eigenvalue weighted by atomic mass is 32.2. The molecule has 0 amide bonds. The van der Waals surface area contributed by atoms with Gasteiger partial charge < -0.3 is 9.15 Å². The van der Waals surface area contributed by atoms with Crippen LogP contribution in [0.2, 0.25) is 0 Å². The Kier molecular flexibility index (Phi) is 5.63. The van der Waals surface area contributed by atoms with Crippen molar-refractivity contribution in [3.63, 3.8) is 0 Å². The third-order valence-electron chi connectivity index (χ3n) is 4.49. The molecule has 0 saturated carbocycles. The molecular formula is C22H24N2O5S. The number of esters is 1. The van der Waals surface area contributed by atoms with E-state index in [1.807, 2.05) is 0 Å². The van der Waals surface area contributed by atoms with Crippen LogP contribution in [0.3, 0.4) is 0 Å². The van der Waals surface area contributed by atoms with Crippen LogP contribution in [0.15, 0.2) is 45.7 Å². The molecule has 1 heterocycles. The summed E-state index contributed by atoms with van der Waals surface area (Å²) in [6.45, 7) is 8.66. The van der Waals surface area contributed by atoms with Crippen LogP contribution in [0.4, 0.5) is 0 Å². The molecule has 3 rings (SSSR count). The van der Waals surface area contributed by atoms with Gasteiger partial charge in [-0.25, -0.2) is 8.42 Å². The van der Waals surface area contributed by atoms with E-state index in [0.717, 1.165) is 5.39 Å². The number of carbonyl (C=O) groups is 1. The second-order valence-electron chi connectivity index (χ2n) is 8.46. The van der Waals surface area contributed by atoms with Crippen molar-refractivity contribution >= 4 is 37.9 Å². The van der Waals surface area contributed by atoms with E-state index in [0.29, 0.717) is 22.1 Å². The highest BCUT2D eigenvalue weighted by molar-refractivity contribution is 7.89. The molecule has 0 radical (unpaired) electrons. The monoisotopic (exact) mass is 428 g/mol. The number of nitriles is 1. The van der Waals surface area contributed by atoms with Crippen LogP contribution in [0, 0.1) is 17.2 Å². The number of benzene rings is 2. The number of fused-ring (bicyclic) bond motifs is 3. The van der Waals surface area contributed by atoms with Crippen LogP contribution in [0.25, 0.3) is 21.9 Å². The van der Waals surface area contributed by atoms with Crippen LogP contribution in [-0.4, -0.2) is 26.0 Å². The number of hydrogen-bond acceptors (Lipinski definition) is 6. The maximum absolute atomic E-state index is 13.0. The number of furan rings is 1. The Morgan fingerprint density at radius 2 is 1.80 bits per heavy atom. The second-order valence-corrected chi connectivity index (χ2v) is 10.2. The van der Waals surface area contributed by atoms with Crippen molar-refractivity contribution in [1.29, 1.82) is 5.26 Å². The van der Waals surface area contributed by atoms with Crippen LogP contribution in [-0.2, 0) is 19.6 Å². The third kappa shape index (κ3) is 4.48. The molecule has 1 aromatic heterocycles. The van der Waals surface area contributed by atoms with Crippen LogP contribution >= 0.6 is 0 Å². The van der Waals surface area contributed by atoms with Gasteiger partial charge in [-0.1, -0.05) is 13.8 Å². The molecule has 7 nitrogen and oxygen atoms in total. The Labute approximate surface area is 175 Å². The zero-order chi connectivity index (χ0) is 22.3. The summed E-state index contributed by atoms with van der Waals surface area (Å²) < 4.78 is 39.5. The number of nitrogens with zero attached hydrogens (tertiary/aromatic N) is 1. The fraction of sp³-hybridized carbons (Fsp3) is 0.364. The van der Waals surface area contributed by atoms with Gasteiger partial charge in [-0.05, 0) is 57.0 Å². The van der Waals surface area contributed by atoms with E-state index < -0.39 is 27.6 Å². The molecule has 0 bridgehead atoms. The number of rotatable bonds is 5. The molecule has 0 aliphatic carbocycles. The van der Waals surface area contributed by atoms with E-state index >= 15 is 0 Å². The van der Waals surface area contributed by atoms with Crippen molar-refractivity contribution < 1.29 is 22.4 Å². The number of carbonyl (C=O) groups excluding carboxylic acids is 1. The van der Waals surface area contributed by atoms with Crippen molar-refractivity contribution in [2.45, 2.75) is 51.2 Å². The molecule has 1 unspecified atom stereocenters. The van der Waals surface area contributed by atoms with Crippen molar-refractivity contribution in [1.82, 2.24) is 4.72 Å². The molecule has 1 N–H and O–H groups in total. The summed E-state index contributed by atoms with van der Waals surface area (Å²) in [7, 11) is -4.01. The van der Waals surface area contributed by atoms with Crippen LogP contribution in [0.5, 0.6) is 0 Å². The lowest BCUT2D eigenvalue weighted by Gasteiger charge is -2.26. The van der Waals surface area contributed by atoms with E-state index in [2.05, 4.69) is 10.8 Å². The Morgan fingerprint density at radius 3 is 2.40 bits per heavy atom. The second kappa shape index (κ2) is 7.74. The standard InChI is InChI=1S/C22H24N2O5S/c1-13(2)20(21(25)29-22(3,4)5)24-30(26,27)15-7-8-16-17-10-14(12-23)6-9-18(17)28-19(16)11-15/h6-11,13,20,24H,1-5H3. The molecule has 1 atom stereocenters. The summed E-state index contributed by atoms with van der Waals surface area (Å²) in [4.78, 5) is 12.5. The predicted molar refractivity (Wildman–Crippen MR) is 113 cm³/mol. The van der Waals surface area contributed by atoms with Gasteiger partial charge in [0.2, 0.25) is 10.0 Å². The highest BCUT2D eigenvalue weighted by Crippen LogP contribution is 2.31. The fourth-order valence-corrected chi connectivity index (χ4v) is 4.40. The number of nitrogens with one attached hydrogen (secondary N) is 1. The molecule has 8 heteroatoms. The quantitative estimate of drug-likeness (QED) is 0.613. The molecule has 0 saturated heterocycles. The molecule has 2 aromatic carbocycles. The molecule has 3 aromatic rings. The van der Waals surface area contributed by atoms with E-state index in [1.54, 1.807) is 58.9 Å². The molecule has 30 heavy (non-hydrogen) atoms. The topological polar surface area (TPSA) is 109 Å². The van der Waals surface area contributed by atoms with Crippen molar-refractivity contribution in [3.8, 4) is 6.07 Å². The van der Waals surface area contributed by atoms with Gasteiger partial charge in [0.15, 0.2) is 0 Å². The van der Waals surface area contributed by atoms with Gasteiger partial charge in [-0.15, -0.1) is 0 Å². The molecule has 158 valence electrons. The van der Waals surface area contributed by atoms with Crippen LogP contribution < -0.4 is 4.72 Å². The minimum absolute atomic E-state index is 0.0243. The lowest BCUT2D eigenvalue weighted by molar-refractivity contribution is -0.158. The Morgan fingerprint density at radius 1 is 1.10 bits per heavy atom. The summed E-state index contributed by atoms with van der Waals surface area (Å²) in [5.41, 5.74) is 0.688. The molecule has 0 spiro atoms. The van der Waals surface area contributed by atoms with Crippen molar-refractivity contribution in [2.24, 2.45) is 5.92 Å². The predicted octanol–water partition coefficient (Wildman–Crippen LogP) is 4.10. The molecule has 0 fully saturated rings. The first-order valence-corrected chi connectivity index (χ1v) is 11.0.